The van der Waals surface area contributed by atoms with Crippen LogP contribution in [-0.4, -0.2) is 41.5 Å². The normalized spacial score (nSPS) is 17.2. The number of para-hydroxylation sites is 1. The van der Waals surface area contributed by atoms with Crippen molar-refractivity contribution in [2.24, 2.45) is 0 Å². The first-order chi connectivity index (χ1) is 15.2. The Morgan fingerprint density at radius 1 is 1.06 bits per heavy atom. The highest BCUT2D eigenvalue weighted by Gasteiger charge is 2.28. The molecule has 0 spiro atoms. The fraction of sp³-hybridized carbons (Fsp3) is 0.320. The number of rotatable bonds is 4. The molecule has 3 heterocycles. The van der Waals surface area contributed by atoms with E-state index in [-0.39, 0.29) is 12.5 Å². The molecule has 1 aliphatic carbocycles. The third-order valence-electron chi connectivity index (χ3n) is 6.04. The summed E-state index contributed by atoms with van der Waals surface area (Å²) in [6, 6.07) is 11.3. The fourth-order valence-corrected chi connectivity index (χ4v) is 4.49. The molecule has 5 rings (SSSR count). The van der Waals surface area contributed by atoms with Crippen LogP contribution in [-0.2, 0) is 16.0 Å². The number of esters is 1. The van der Waals surface area contributed by atoms with Gasteiger partial charge in [-0.1, -0.05) is 18.2 Å². The largest absolute Gasteiger partial charge is 0.465 e. The number of fused-ring (bicyclic) bond motifs is 2. The number of hydrogen-bond acceptors (Lipinski definition) is 5. The number of allylic oxidation sites excluding steroid dienone is 1. The van der Waals surface area contributed by atoms with E-state index in [0.717, 1.165) is 72.3 Å². The standard InChI is InChI=1S/C25H24N2O4/c28-22(27-12-4-1-5-13-27)16-31-25(29)23-19-8-2-3-9-21(19)26-24-17(10-11-20(23)24)15-18-7-6-14-30-18/h2-3,6-9,14-15H,1,4-5,10-13,16H2/b17-15+. The van der Waals surface area contributed by atoms with Crippen LogP contribution in [0.15, 0.2) is 47.1 Å². The number of pyridine rings is 1. The van der Waals surface area contributed by atoms with Gasteiger partial charge in [-0.3, -0.25) is 4.79 Å². The molecule has 31 heavy (non-hydrogen) atoms. The zero-order chi connectivity index (χ0) is 21.2. The Hall–Kier alpha value is -3.41. The van der Waals surface area contributed by atoms with E-state index in [1.165, 1.54) is 0 Å². The minimum atomic E-state index is -0.459. The highest BCUT2D eigenvalue weighted by atomic mass is 16.5. The first-order valence-electron chi connectivity index (χ1n) is 10.8. The van der Waals surface area contributed by atoms with Crippen LogP contribution in [0.25, 0.3) is 22.6 Å². The highest BCUT2D eigenvalue weighted by molar-refractivity contribution is 6.07. The van der Waals surface area contributed by atoms with Crippen molar-refractivity contribution in [3.05, 3.63) is 65.2 Å². The van der Waals surface area contributed by atoms with Crippen LogP contribution < -0.4 is 0 Å². The quantitative estimate of drug-likeness (QED) is 0.586. The van der Waals surface area contributed by atoms with Gasteiger partial charge < -0.3 is 14.1 Å². The Morgan fingerprint density at radius 2 is 1.90 bits per heavy atom. The van der Waals surface area contributed by atoms with E-state index in [0.29, 0.717) is 12.0 Å². The first-order valence-corrected chi connectivity index (χ1v) is 10.8. The van der Waals surface area contributed by atoms with Crippen molar-refractivity contribution in [1.82, 2.24) is 9.88 Å². The second-order valence-corrected chi connectivity index (χ2v) is 8.03. The average Bonchev–Trinajstić information content (AvgIpc) is 3.47. The number of nitrogens with zero attached hydrogens (tertiary/aromatic N) is 2. The predicted octanol–water partition coefficient (Wildman–Crippen LogP) is 4.48. The minimum Gasteiger partial charge on any atom is -0.465 e. The molecule has 0 unspecified atom stereocenters. The Labute approximate surface area is 180 Å². The molecule has 2 aliphatic rings. The molecule has 6 heteroatoms. The van der Waals surface area contributed by atoms with E-state index < -0.39 is 5.97 Å². The van der Waals surface area contributed by atoms with Crippen LogP contribution in [0, 0.1) is 0 Å². The molecule has 6 nitrogen and oxygen atoms in total. The molecule has 1 aliphatic heterocycles. The van der Waals surface area contributed by atoms with E-state index in [9.17, 15) is 9.59 Å². The lowest BCUT2D eigenvalue weighted by Crippen LogP contribution is -2.38. The van der Waals surface area contributed by atoms with E-state index in [4.69, 9.17) is 14.1 Å². The number of ether oxygens (including phenoxy) is 1. The zero-order valence-corrected chi connectivity index (χ0v) is 17.3. The number of carbonyl (C=O) groups excluding carboxylic acids is 2. The number of furan rings is 1. The second-order valence-electron chi connectivity index (χ2n) is 8.03. The van der Waals surface area contributed by atoms with Gasteiger partial charge in [0.1, 0.15) is 5.76 Å². The summed E-state index contributed by atoms with van der Waals surface area (Å²) >= 11 is 0. The number of piperidine rings is 1. The average molecular weight is 416 g/mol. The SMILES string of the molecule is O=C(OCC(=O)N1CCCCC1)c1c2c(nc3ccccc13)/C(=C/c1ccco1)CC2. The van der Waals surface area contributed by atoms with Gasteiger partial charge in [0.15, 0.2) is 6.61 Å². The molecule has 0 atom stereocenters. The van der Waals surface area contributed by atoms with E-state index in [1.807, 2.05) is 42.5 Å². The maximum absolute atomic E-state index is 13.2. The van der Waals surface area contributed by atoms with Gasteiger partial charge in [-0.25, -0.2) is 9.78 Å². The third-order valence-corrected chi connectivity index (χ3v) is 6.04. The van der Waals surface area contributed by atoms with Crippen molar-refractivity contribution in [2.45, 2.75) is 32.1 Å². The van der Waals surface area contributed by atoms with Gasteiger partial charge in [0.25, 0.3) is 5.91 Å². The summed E-state index contributed by atoms with van der Waals surface area (Å²) in [4.78, 5) is 32.3. The van der Waals surface area contributed by atoms with Gasteiger partial charge in [-0.15, -0.1) is 0 Å². The van der Waals surface area contributed by atoms with Crippen molar-refractivity contribution < 1.29 is 18.7 Å². The molecule has 1 aromatic carbocycles. The van der Waals surface area contributed by atoms with Gasteiger partial charge in [0, 0.05) is 18.5 Å². The van der Waals surface area contributed by atoms with Gasteiger partial charge >= 0.3 is 5.97 Å². The van der Waals surface area contributed by atoms with Crippen LogP contribution in [0.1, 0.15) is 53.1 Å². The van der Waals surface area contributed by atoms with Crippen molar-refractivity contribution in [2.75, 3.05) is 19.7 Å². The molecular formula is C25H24N2O4. The summed E-state index contributed by atoms with van der Waals surface area (Å²) in [5.41, 5.74) is 3.99. The Kier molecular flexibility index (Phi) is 5.28. The summed E-state index contributed by atoms with van der Waals surface area (Å²) in [5.74, 6) is 0.176. The van der Waals surface area contributed by atoms with Crippen LogP contribution in [0.4, 0.5) is 0 Å². The van der Waals surface area contributed by atoms with Crippen molar-refractivity contribution >= 4 is 34.4 Å². The molecule has 1 amide bonds. The summed E-state index contributed by atoms with van der Waals surface area (Å²) < 4.78 is 11.0. The Morgan fingerprint density at radius 3 is 2.71 bits per heavy atom. The number of likely N-dealkylation sites (tertiary alicyclic amines) is 1. The second kappa shape index (κ2) is 8.38. The van der Waals surface area contributed by atoms with E-state index in [2.05, 4.69) is 0 Å². The summed E-state index contributed by atoms with van der Waals surface area (Å²) in [6.07, 6.45) is 8.24. The topological polar surface area (TPSA) is 72.6 Å². The minimum absolute atomic E-state index is 0.124. The van der Waals surface area contributed by atoms with Crippen LogP contribution in [0.3, 0.4) is 0 Å². The van der Waals surface area contributed by atoms with Crippen LogP contribution >= 0.6 is 0 Å². The number of amides is 1. The molecule has 0 radical (unpaired) electrons. The summed E-state index contributed by atoms with van der Waals surface area (Å²) in [6.45, 7) is 1.26. The molecule has 1 saturated heterocycles. The third kappa shape index (κ3) is 3.85. The molecule has 0 N–H and O–H groups in total. The number of aromatic nitrogens is 1. The maximum atomic E-state index is 13.2. The van der Waals surface area contributed by atoms with Crippen molar-refractivity contribution in [3.8, 4) is 0 Å². The lowest BCUT2D eigenvalue weighted by atomic mass is 10.0. The first kappa shape index (κ1) is 19.5. The molecule has 0 bridgehead atoms. The van der Waals surface area contributed by atoms with Gasteiger partial charge in [0.05, 0.1) is 23.0 Å². The summed E-state index contributed by atoms with van der Waals surface area (Å²) in [7, 11) is 0. The summed E-state index contributed by atoms with van der Waals surface area (Å²) in [5, 5.41) is 0.760. The van der Waals surface area contributed by atoms with Gasteiger partial charge in [-0.2, -0.15) is 0 Å². The number of benzene rings is 1. The molecule has 2 aromatic heterocycles. The van der Waals surface area contributed by atoms with Crippen molar-refractivity contribution in [3.63, 3.8) is 0 Å². The lowest BCUT2D eigenvalue weighted by molar-refractivity contribution is -0.135. The molecule has 1 fully saturated rings. The van der Waals surface area contributed by atoms with Crippen molar-refractivity contribution in [1.29, 1.82) is 0 Å². The van der Waals surface area contributed by atoms with E-state index >= 15 is 0 Å². The smallest absolute Gasteiger partial charge is 0.339 e. The van der Waals surface area contributed by atoms with Gasteiger partial charge in [-0.05, 0) is 67.5 Å². The number of hydrogen-bond donors (Lipinski definition) is 0. The van der Waals surface area contributed by atoms with Crippen LogP contribution in [0.5, 0.6) is 0 Å². The Balaban J connectivity index is 1.46. The molecular weight excluding hydrogens is 392 g/mol. The predicted molar refractivity (Wildman–Crippen MR) is 117 cm³/mol. The van der Waals surface area contributed by atoms with E-state index in [1.54, 1.807) is 11.2 Å². The highest BCUT2D eigenvalue weighted by Crippen LogP contribution is 2.37. The molecule has 158 valence electrons. The monoisotopic (exact) mass is 416 g/mol. The van der Waals surface area contributed by atoms with Crippen LogP contribution in [0.2, 0.25) is 0 Å². The Bertz CT molecular complexity index is 1160. The maximum Gasteiger partial charge on any atom is 0.339 e. The number of carbonyl (C=O) groups is 2. The molecule has 0 saturated carbocycles. The molecule has 3 aromatic rings. The van der Waals surface area contributed by atoms with Gasteiger partial charge in [0.2, 0.25) is 0 Å². The fourth-order valence-electron chi connectivity index (χ4n) is 4.49. The lowest BCUT2D eigenvalue weighted by Gasteiger charge is -2.26. The zero-order valence-electron chi connectivity index (χ0n) is 17.3.